The first-order valence-corrected chi connectivity index (χ1v) is 5.22. The topological polar surface area (TPSA) is 67.8 Å². The van der Waals surface area contributed by atoms with Gasteiger partial charge in [-0.2, -0.15) is 17.5 Å². The van der Waals surface area contributed by atoms with Crippen molar-refractivity contribution in [2.45, 2.75) is 11.2 Å². The molecular weight excluding hydrogens is 296 g/mol. The molecule has 10 heteroatoms. The normalized spacial score (nSPS) is 14.8. The molecule has 1 aromatic rings. The predicted molar refractivity (Wildman–Crippen MR) is 51.7 cm³/mol. The van der Waals surface area contributed by atoms with Crippen LogP contribution in [0.5, 0.6) is 5.75 Å². The zero-order chi connectivity index (χ0) is 14.5. The largest absolute Gasteiger partial charge is 0.691 e. The van der Waals surface area contributed by atoms with Crippen molar-refractivity contribution in [1.82, 2.24) is 0 Å². The molecular formula is C9H5F4O5S-. The molecule has 1 unspecified atom stereocenters. The number of alkyl halides is 4. The molecule has 0 spiro atoms. The Morgan fingerprint density at radius 2 is 1.74 bits per heavy atom. The zero-order valence-corrected chi connectivity index (χ0v) is 9.66. The number of hydrogen-bond acceptors (Lipinski definition) is 6. The number of benzene rings is 1. The maximum atomic E-state index is 13.6. The lowest BCUT2D eigenvalue weighted by atomic mass is 10.3. The predicted octanol–water partition coefficient (Wildman–Crippen LogP) is 1.69. The van der Waals surface area contributed by atoms with Gasteiger partial charge in [0, 0.05) is 0 Å². The maximum Gasteiger partial charge on any atom is 0.446 e. The van der Waals surface area contributed by atoms with Crippen LogP contribution in [0, 0.1) is 0 Å². The van der Waals surface area contributed by atoms with Gasteiger partial charge < -0.3 is 9.99 Å². The highest BCUT2D eigenvalue weighted by atomic mass is 32.2. The summed E-state index contributed by atoms with van der Waals surface area (Å²) in [6, 6.07) is 6.52. The number of carbonyl (C=O) groups is 1. The Morgan fingerprint density at radius 3 is 2.21 bits per heavy atom. The van der Waals surface area contributed by atoms with Gasteiger partial charge in [0.05, 0.1) is 12.0 Å². The number of para-hydroxylation sites is 1. The molecule has 0 aliphatic heterocycles. The molecule has 0 N–H and O–H groups in total. The van der Waals surface area contributed by atoms with Crippen LogP contribution in [0.2, 0.25) is 0 Å². The fourth-order valence-corrected chi connectivity index (χ4v) is 1.24. The molecule has 0 bridgehead atoms. The molecule has 5 nitrogen and oxygen atoms in total. The van der Waals surface area contributed by atoms with E-state index in [-0.39, 0.29) is 5.75 Å². The van der Waals surface area contributed by atoms with Crippen molar-refractivity contribution in [3.05, 3.63) is 30.3 Å². The second-order valence-corrected chi connectivity index (χ2v) is 3.88. The van der Waals surface area contributed by atoms with E-state index in [0.29, 0.717) is 0 Å². The van der Waals surface area contributed by atoms with Crippen molar-refractivity contribution >= 4 is 18.0 Å². The zero-order valence-electron chi connectivity index (χ0n) is 8.85. The first-order valence-electron chi connectivity index (χ1n) is 4.48. The summed E-state index contributed by atoms with van der Waals surface area (Å²) in [5.74, 6) is -2.60. The van der Waals surface area contributed by atoms with E-state index in [1.165, 1.54) is 18.2 Å². The van der Waals surface area contributed by atoms with Crippen molar-refractivity contribution in [1.29, 1.82) is 0 Å². The lowest BCUT2D eigenvalue weighted by Crippen LogP contribution is -2.47. The average Bonchev–Trinajstić information content (AvgIpc) is 2.35. The summed E-state index contributed by atoms with van der Waals surface area (Å²) in [7, 11) is 0. The van der Waals surface area contributed by atoms with Gasteiger partial charge in [-0.25, -0.2) is 9.18 Å². The van der Waals surface area contributed by atoms with Gasteiger partial charge >= 0.3 is 17.1 Å². The lowest BCUT2D eigenvalue weighted by molar-refractivity contribution is -0.777. The van der Waals surface area contributed by atoms with Crippen molar-refractivity contribution in [2.75, 3.05) is 0 Å². The Hall–Kier alpha value is -1.36. The van der Waals surface area contributed by atoms with E-state index in [1.54, 1.807) is 0 Å². The molecule has 1 aromatic carbocycles. The van der Waals surface area contributed by atoms with Gasteiger partial charge in [-0.1, -0.05) is 18.2 Å². The molecule has 0 aliphatic carbocycles. The quantitative estimate of drug-likeness (QED) is 0.206. The third-order valence-electron chi connectivity index (χ3n) is 1.76. The van der Waals surface area contributed by atoms with E-state index in [4.69, 9.17) is 0 Å². The Balaban J connectivity index is 2.89. The summed E-state index contributed by atoms with van der Waals surface area (Å²) in [5.41, 5.74) is 0. The number of rotatable bonds is 5. The summed E-state index contributed by atoms with van der Waals surface area (Å²) in [6.45, 7) is 0. The SMILES string of the molecule is O=C(Oc1ccccc1)C(F)(SOO[O-])C(F)(F)F. The molecule has 1 rings (SSSR count). The van der Waals surface area contributed by atoms with Gasteiger partial charge in [0.1, 0.15) is 5.75 Å². The van der Waals surface area contributed by atoms with Crippen LogP contribution in [0.3, 0.4) is 0 Å². The van der Waals surface area contributed by atoms with Crippen molar-refractivity contribution in [3.8, 4) is 5.75 Å². The third kappa shape index (κ3) is 3.80. The summed E-state index contributed by atoms with van der Waals surface area (Å²) in [6.07, 6.45) is -5.66. The second-order valence-electron chi connectivity index (χ2n) is 3.02. The molecule has 0 radical (unpaired) electrons. The number of hydrogen-bond donors (Lipinski definition) is 0. The highest BCUT2D eigenvalue weighted by Gasteiger charge is 2.66. The fourth-order valence-electron chi connectivity index (χ4n) is 0.919. The molecule has 0 saturated carbocycles. The fraction of sp³-hybridized carbons (Fsp3) is 0.222. The van der Waals surface area contributed by atoms with E-state index in [1.807, 2.05) is 0 Å². The number of halogens is 4. The molecule has 0 aliphatic rings. The second kappa shape index (κ2) is 6.19. The maximum absolute atomic E-state index is 13.6. The van der Waals surface area contributed by atoms with Gasteiger partial charge in [-0.15, -0.1) is 0 Å². The molecule has 106 valence electrons. The highest BCUT2D eigenvalue weighted by molar-refractivity contribution is 7.96. The van der Waals surface area contributed by atoms with E-state index >= 15 is 0 Å². The van der Waals surface area contributed by atoms with Gasteiger partial charge in [0.2, 0.25) is 0 Å². The van der Waals surface area contributed by atoms with Crippen LogP contribution in [-0.2, 0) is 14.2 Å². The standard InChI is InChI=1S/C9H6F4O5S/c10-8(9(11,12)13,19-18-17-15)7(14)16-6-4-2-1-3-5-6/h1-5,15H/p-1. The number of carbonyl (C=O) groups excluding carboxylic acids is 1. The summed E-state index contributed by atoms with van der Waals surface area (Å²) in [4.78, 5) is 11.2. The lowest BCUT2D eigenvalue weighted by Gasteiger charge is -2.23. The molecule has 19 heavy (non-hydrogen) atoms. The summed E-state index contributed by atoms with van der Waals surface area (Å²) < 4.78 is 58.4. The first-order chi connectivity index (χ1) is 8.81. The van der Waals surface area contributed by atoms with E-state index in [0.717, 1.165) is 12.1 Å². The van der Waals surface area contributed by atoms with E-state index in [9.17, 15) is 27.6 Å². The van der Waals surface area contributed by atoms with Crippen LogP contribution in [0.4, 0.5) is 17.6 Å². The van der Waals surface area contributed by atoms with Crippen LogP contribution < -0.4 is 9.99 Å². The molecule has 1 atom stereocenters. The van der Waals surface area contributed by atoms with Crippen LogP contribution in [-0.4, -0.2) is 17.1 Å². The molecule has 0 saturated heterocycles. The van der Waals surface area contributed by atoms with E-state index in [2.05, 4.69) is 14.1 Å². The van der Waals surface area contributed by atoms with Crippen molar-refractivity contribution in [3.63, 3.8) is 0 Å². The molecule has 0 aromatic heterocycles. The van der Waals surface area contributed by atoms with Crippen LogP contribution >= 0.6 is 12.0 Å². The van der Waals surface area contributed by atoms with Crippen LogP contribution in [0.15, 0.2) is 30.3 Å². The van der Waals surface area contributed by atoms with Gasteiger partial charge in [-0.05, 0) is 12.1 Å². The Morgan fingerprint density at radius 1 is 1.16 bits per heavy atom. The van der Waals surface area contributed by atoms with Gasteiger partial charge in [0.25, 0.3) is 0 Å². The minimum absolute atomic E-state index is 0.303. The monoisotopic (exact) mass is 301 g/mol. The Labute approximate surface area is 108 Å². The smallest absolute Gasteiger partial charge is 0.446 e. The molecule has 0 fully saturated rings. The van der Waals surface area contributed by atoms with Crippen molar-refractivity contribution in [2.24, 2.45) is 0 Å². The number of ether oxygens (including phenoxy) is 1. The van der Waals surface area contributed by atoms with Gasteiger partial charge in [-0.3, -0.25) is 5.04 Å². The van der Waals surface area contributed by atoms with E-state index < -0.39 is 29.2 Å². The third-order valence-corrected chi connectivity index (χ3v) is 2.51. The Kier molecular flexibility index (Phi) is 5.11. The average molecular weight is 301 g/mol. The van der Waals surface area contributed by atoms with Crippen LogP contribution in [0.25, 0.3) is 0 Å². The Bertz CT molecular complexity index is 426. The summed E-state index contributed by atoms with van der Waals surface area (Å²) in [5, 5.41) is 7.46. The first kappa shape index (κ1) is 15.7. The van der Waals surface area contributed by atoms with Crippen LogP contribution in [0.1, 0.15) is 0 Å². The summed E-state index contributed by atoms with van der Waals surface area (Å²) >= 11 is -1.14. The molecule has 0 amide bonds. The van der Waals surface area contributed by atoms with Gasteiger partial charge in [0.15, 0.2) is 0 Å². The minimum atomic E-state index is -5.66. The molecule has 0 heterocycles. The van der Waals surface area contributed by atoms with Crippen molar-refractivity contribution < 1.29 is 41.7 Å². The minimum Gasteiger partial charge on any atom is -0.691 e. The highest BCUT2D eigenvalue weighted by Crippen LogP contribution is 2.44. The number of esters is 1.